The van der Waals surface area contributed by atoms with Crippen LogP contribution in [0.2, 0.25) is 5.02 Å². The summed E-state index contributed by atoms with van der Waals surface area (Å²) < 4.78 is 6.12. The SMILES string of the molecule is O=C(O)CSc1nnc(-c2cc(Cl)cc(Br)c2)o1. The second kappa shape index (κ2) is 5.73. The molecule has 0 aliphatic carbocycles. The molecule has 0 saturated carbocycles. The lowest BCUT2D eigenvalue weighted by atomic mass is 10.2. The minimum absolute atomic E-state index is 0.124. The number of hydrogen-bond donors (Lipinski definition) is 1. The molecular weight excluding hydrogens is 344 g/mol. The zero-order valence-corrected chi connectivity index (χ0v) is 11.9. The van der Waals surface area contributed by atoms with Gasteiger partial charge in [-0.05, 0) is 18.2 Å². The van der Waals surface area contributed by atoms with Crippen molar-refractivity contribution in [2.75, 3.05) is 5.75 Å². The van der Waals surface area contributed by atoms with Crippen molar-refractivity contribution >= 4 is 45.3 Å². The fourth-order valence-electron chi connectivity index (χ4n) is 1.19. The van der Waals surface area contributed by atoms with Gasteiger partial charge in [-0.25, -0.2) is 0 Å². The second-order valence-corrected chi connectivity index (χ2v) is 5.49. The Hall–Kier alpha value is -1.05. The van der Waals surface area contributed by atoms with Crippen LogP contribution in [0.25, 0.3) is 11.5 Å². The predicted octanol–water partition coefficient (Wildman–Crippen LogP) is 3.33. The molecule has 0 fully saturated rings. The Kier molecular flexibility index (Phi) is 4.26. The first kappa shape index (κ1) is 13.4. The Labute approximate surface area is 120 Å². The monoisotopic (exact) mass is 348 g/mol. The molecule has 0 unspecified atom stereocenters. The number of hydrogen-bond acceptors (Lipinski definition) is 5. The fraction of sp³-hybridized carbons (Fsp3) is 0.100. The minimum Gasteiger partial charge on any atom is -0.481 e. The van der Waals surface area contributed by atoms with Crippen LogP contribution in [0, 0.1) is 0 Å². The smallest absolute Gasteiger partial charge is 0.314 e. The number of carboxylic acids is 1. The molecule has 0 spiro atoms. The van der Waals surface area contributed by atoms with Crippen LogP contribution in [-0.4, -0.2) is 27.0 Å². The number of aliphatic carboxylic acids is 1. The predicted molar refractivity (Wildman–Crippen MR) is 70.8 cm³/mol. The molecule has 0 atom stereocenters. The topological polar surface area (TPSA) is 76.2 Å². The molecule has 0 aliphatic rings. The number of aromatic nitrogens is 2. The summed E-state index contributed by atoms with van der Waals surface area (Å²) in [7, 11) is 0. The third-order valence-electron chi connectivity index (χ3n) is 1.84. The molecule has 0 radical (unpaired) electrons. The van der Waals surface area contributed by atoms with Crippen LogP contribution in [0.4, 0.5) is 0 Å². The van der Waals surface area contributed by atoms with Crippen LogP contribution in [0.1, 0.15) is 0 Å². The maximum absolute atomic E-state index is 10.4. The molecule has 1 heterocycles. The first-order chi connectivity index (χ1) is 8.54. The summed E-state index contributed by atoms with van der Waals surface area (Å²) in [6.45, 7) is 0. The van der Waals surface area contributed by atoms with Crippen molar-refractivity contribution < 1.29 is 14.3 Å². The van der Waals surface area contributed by atoms with E-state index in [-0.39, 0.29) is 11.0 Å². The summed E-state index contributed by atoms with van der Waals surface area (Å²) in [5, 5.41) is 16.9. The largest absolute Gasteiger partial charge is 0.481 e. The van der Waals surface area contributed by atoms with Crippen LogP contribution >= 0.6 is 39.3 Å². The molecule has 8 heteroatoms. The summed E-state index contributed by atoms with van der Waals surface area (Å²) in [6.07, 6.45) is 0. The van der Waals surface area contributed by atoms with Crippen molar-refractivity contribution in [3.8, 4) is 11.5 Å². The van der Waals surface area contributed by atoms with Crippen LogP contribution < -0.4 is 0 Å². The van der Waals surface area contributed by atoms with Gasteiger partial charge in [-0.15, -0.1) is 10.2 Å². The van der Waals surface area contributed by atoms with Gasteiger partial charge >= 0.3 is 5.97 Å². The Bertz CT molecular complexity index is 570. The molecule has 94 valence electrons. The molecule has 5 nitrogen and oxygen atoms in total. The maximum Gasteiger partial charge on any atom is 0.314 e. The quantitative estimate of drug-likeness (QED) is 0.853. The zero-order valence-electron chi connectivity index (χ0n) is 8.76. The lowest BCUT2D eigenvalue weighted by molar-refractivity contribution is -0.133. The highest BCUT2D eigenvalue weighted by atomic mass is 79.9. The van der Waals surface area contributed by atoms with E-state index in [1.165, 1.54) is 0 Å². The second-order valence-electron chi connectivity index (χ2n) is 3.21. The number of halogens is 2. The van der Waals surface area contributed by atoms with E-state index in [0.717, 1.165) is 16.2 Å². The molecule has 2 aromatic rings. The van der Waals surface area contributed by atoms with Crippen molar-refractivity contribution in [2.24, 2.45) is 0 Å². The van der Waals surface area contributed by atoms with E-state index in [0.29, 0.717) is 16.5 Å². The number of carboxylic acid groups (broad SMARTS) is 1. The average molecular weight is 350 g/mol. The first-order valence-corrected chi connectivity index (χ1v) is 6.85. The first-order valence-electron chi connectivity index (χ1n) is 4.69. The van der Waals surface area contributed by atoms with Gasteiger partial charge in [0.1, 0.15) is 5.75 Å². The van der Waals surface area contributed by atoms with E-state index in [4.69, 9.17) is 21.1 Å². The normalized spacial score (nSPS) is 10.6. The summed E-state index contributed by atoms with van der Waals surface area (Å²) in [5.41, 5.74) is 0.670. The summed E-state index contributed by atoms with van der Waals surface area (Å²) >= 11 is 10.2. The highest BCUT2D eigenvalue weighted by molar-refractivity contribution is 9.10. The highest BCUT2D eigenvalue weighted by Crippen LogP contribution is 2.28. The van der Waals surface area contributed by atoms with Gasteiger partial charge in [0.05, 0.1) is 0 Å². The maximum atomic E-state index is 10.4. The van der Waals surface area contributed by atoms with Crippen LogP contribution in [0.3, 0.4) is 0 Å². The molecule has 1 aromatic carbocycles. The molecule has 2 rings (SSSR count). The average Bonchev–Trinajstić information content (AvgIpc) is 2.73. The van der Waals surface area contributed by atoms with E-state index in [1.54, 1.807) is 18.2 Å². The van der Waals surface area contributed by atoms with Gasteiger partial charge in [0.15, 0.2) is 0 Å². The Balaban J connectivity index is 2.21. The number of benzene rings is 1. The van der Waals surface area contributed by atoms with Crippen molar-refractivity contribution in [3.63, 3.8) is 0 Å². The van der Waals surface area contributed by atoms with Crippen LogP contribution in [0.15, 0.2) is 32.3 Å². The van der Waals surface area contributed by atoms with Crippen molar-refractivity contribution in [3.05, 3.63) is 27.7 Å². The van der Waals surface area contributed by atoms with E-state index in [2.05, 4.69) is 26.1 Å². The van der Waals surface area contributed by atoms with Gasteiger partial charge in [-0.3, -0.25) is 4.79 Å². The Morgan fingerprint density at radius 3 is 2.89 bits per heavy atom. The summed E-state index contributed by atoms with van der Waals surface area (Å²) in [5.74, 6) is -0.766. The molecule has 0 aliphatic heterocycles. The summed E-state index contributed by atoms with van der Waals surface area (Å²) in [6, 6.07) is 5.21. The highest BCUT2D eigenvalue weighted by Gasteiger charge is 2.11. The molecule has 0 amide bonds. The van der Waals surface area contributed by atoms with Crippen LogP contribution in [-0.2, 0) is 4.79 Å². The van der Waals surface area contributed by atoms with Gasteiger partial charge in [0.2, 0.25) is 5.89 Å². The van der Waals surface area contributed by atoms with Crippen molar-refractivity contribution in [2.45, 2.75) is 5.22 Å². The lowest BCUT2D eigenvalue weighted by Crippen LogP contribution is -1.97. The third kappa shape index (κ3) is 3.47. The summed E-state index contributed by atoms with van der Waals surface area (Å²) in [4.78, 5) is 10.4. The minimum atomic E-state index is -0.940. The fourth-order valence-corrected chi connectivity index (χ4v) is 2.53. The zero-order chi connectivity index (χ0) is 13.1. The molecule has 1 N–H and O–H groups in total. The van der Waals surface area contributed by atoms with E-state index in [1.807, 2.05) is 0 Å². The van der Waals surface area contributed by atoms with Gasteiger partial charge < -0.3 is 9.52 Å². The van der Waals surface area contributed by atoms with Gasteiger partial charge in [-0.1, -0.05) is 39.3 Å². The van der Waals surface area contributed by atoms with E-state index >= 15 is 0 Å². The van der Waals surface area contributed by atoms with Crippen molar-refractivity contribution in [1.29, 1.82) is 0 Å². The van der Waals surface area contributed by atoms with Gasteiger partial charge in [0.25, 0.3) is 5.22 Å². The molecule has 0 bridgehead atoms. The number of thioether (sulfide) groups is 1. The standard InChI is InChI=1S/C10H6BrClN2O3S/c11-6-1-5(2-7(12)3-6)9-13-14-10(17-9)18-4-8(15)16/h1-3H,4H2,(H,15,16). The van der Waals surface area contributed by atoms with Crippen LogP contribution in [0.5, 0.6) is 0 Å². The molecular formula is C10H6BrClN2O3S. The Morgan fingerprint density at radius 2 is 2.22 bits per heavy atom. The number of rotatable bonds is 4. The molecule has 0 saturated heterocycles. The number of carbonyl (C=O) groups is 1. The van der Waals surface area contributed by atoms with E-state index < -0.39 is 5.97 Å². The molecule has 18 heavy (non-hydrogen) atoms. The van der Waals surface area contributed by atoms with Crippen molar-refractivity contribution in [1.82, 2.24) is 10.2 Å². The van der Waals surface area contributed by atoms with Gasteiger partial charge in [0, 0.05) is 15.1 Å². The third-order valence-corrected chi connectivity index (χ3v) is 3.31. The molecule has 1 aromatic heterocycles. The lowest BCUT2D eigenvalue weighted by Gasteiger charge is -1.97. The number of nitrogens with zero attached hydrogens (tertiary/aromatic N) is 2. The van der Waals surface area contributed by atoms with Gasteiger partial charge in [-0.2, -0.15) is 0 Å². The van der Waals surface area contributed by atoms with E-state index in [9.17, 15) is 4.79 Å². The Morgan fingerprint density at radius 1 is 1.44 bits per heavy atom.